The minimum atomic E-state index is -5.15. The summed E-state index contributed by atoms with van der Waals surface area (Å²) in [4.78, 5) is 25.5. The monoisotopic (exact) mass is 495 g/mol. The number of allylic oxidation sites excluding steroid dienone is 2. The number of esters is 2. The van der Waals surface area contributed by atoms with Crippen LogP contribution < -0.4 is 5.32 Å². The third-order valence-electron chi connectivity index (χ3n) is 5.10. The van der Waals surface area contributed by atoms with Gasteiger partial charge >= 0.3 is 18.1 Å². The maximum atomic E-state index is 15.0. The smallest absolute Gasteiger partial charge is 0.418 e. The van der Waals surface area contributed by atoms with E-state index in [1.165, 1.54) is 6.92 Å². The Morgan fingerprint density at radius 3 is 2.36 bits per heavy atom. The van der Waals surface area contributed by atoms with Crippen LogP contribution in [-0.4, -0.2) is 32.3 Å². The lowest BCUT2D eigenvalue weighted by molar-refractivity contribution is -0.141. The molecule has 1 unspecified atom stereocenters. The molecule has 1 aliphatic rings. The van der Waals surface area contributed by atoms with Crippen LogP contribution >= 0.6 is 11.6 Å². The zero-order valence-corrected chi connectivity index (χ0v) is 18.9. The summed E-state index contributed by atoms with van der Waals surface area (Å²) >= 11 is 5.78. The molecule has 1 N–H and O–H groups in total. The van der Waals surface area contributed by atoms with Crippen molar-refractivity contribution in [2.75, 3.05) is 20.4 Å². The van der Waals surface area contributed by atoms with Crippen molar-refractivity contribution in [2.45, 2.75) is 45.2 Å². The van der Waals surface area contributed by atoms with Gasteiger partial charge < -0.3 is 14.8 Å². The summed E-state index contributed by atoms with van der Waals surface area (Å²) in [6.45, 7) is 1.84. The molecule has 0 spiro atoms. The van der Waals surface area contributed by atoms with E-state index < -0.39 is 69.5 Å². The molecule has 33 heavy (non-hydrogen) atoms. The molecule has 11 heteroatoms. The van der Waals surface area contributed by atoms with Gasteiger partial charge in [0.15, 0.2) is 0 Å². The van der Waals surface area contributed by atoms with E-state index in [0.717, 1.165) is 20.0 Å². The summed E-state index contributed by atoms with van der Waals surface area (Å²) in [5.41, 5.74) is -4.39. The normalized spacial score (nSPS) is 16.6. The molecule has 1 atom stereocenters. The third kappa shape index (κ3) is 5.66. The van der Waals surface area contributed by atoms with E-state index in [0.29, 0.717) is 18.6 Å². The standard InChI is InChI=1S/C22H23ClF5NO4/c1-4-5-6-9-33-21(31)15-11(2)29-14(10-24)17(20(30)32-3)18(15)16-13(25)8-7-12(23)19(16)22(26,27)28/h7-8,18,29H,4-6,9-10H2,1-3H3. The number of hydrogen-bond acceptors (Lipinski definition) is 5. The average molecular weight is 496 g/mol. The molecule has 1 aromatic carbocycles. The van der Waals surface area contributed by atoms with Crippen molar-refractivity contribution < 1.29 is 41.0 Å². The second kappa shape index (κ2) is 11.0. The summed E-state index contributed by atoms with van der Waals surface area (Å²) in [6, 6.07) is 1.39. The summed E-state index contributed by atoms with van der Waals surface area (Å²) in [5.74, 6) is -5.68. The van der Waals surface area contributed by atoms with Crippen LogP contribution in [0.5, 0.6) is 0 Å². The van der Waals surface area contributed by atoms with E-state index in [1.807, 2.05) is 6.92 Å². The summed E-state index contributed by atoms with van der Waals surface area (Å²) in [5, 5.41) is 1.65. The molecule has 0 bridgehead atoms. The first-order chi connectivity index (χ1) is 15.5. The van der Waals surface area contributed by atoms with Crippen molar-refractivity contribution in [3.63, 3.8) is 0 Å². The van der Waals surface area contributed by atoms with Crippen LogP contribution in [0.25, 0.3) is 0 Å². The fraction of sp³-hybridized carbons (Fsp3) is 0.455. The molecule has 1 heterocycles. The Bertz CT molecular complexity index is 988. The summed E-state index contributed by atoms with van der Waals surface area (Å²) in [6.07, 6.45) is -3.11. The van der Waals surface area contributed by atoms with E-state index in [2.05, 4.69) is 10.1 Å². The van der Waals surface area contributed by atoms with E-state index in [4.69, 9.17) is 16.3 Å². The quantitative estimate of drug-likeness (QED) is 0.289. The second-order valence-corrected chi connectivity index (χ2v) is 7.68. The number of unbranched alkanes of at least 4 members (excludes halogenated alkanes) is 2. The van der Waals surface area contributed by atoms with Crippen molar-refractivity contribution >= 4 is 23.5 Å². The zero-order valence-electron chi connectivity index (χ0n) is 18.2. The van der Waals surface area contributed by atoms with Gasteiger partial charge in [0.05, 0.1) is 47.1 Å². The van der Waals surface area contributed by atoms with Crippen molar-refractivity contribution in [2.24, 2.45) is 0 Å². The first-order valence-electron chi connectivity index (χ1n) is 10.1. The number of dihydropyridines is 1. The predicted octanol–water partition coefficient (Wildman–Crippen LogP) is 5.59. The summed E-state index contributed by atoms with van der Waals surface area (Å²) in [7, 11) is 0.926. The summed E-state index contributed by atoms with van der Waals surface area (Å²) < 4.78 is 80.5. The van der Waals surface area contributed by atoms with Gasteiger partial charge in [0.1, 0.15) is 12.5 Å². The van der Waals surface area contributed by atoms with Gasteiger partial charge in [-0.1, -0.05) is 31.4 Å². The lowest BCUT2D eigenvalue weighted by Gasteiger charge is -2.32. The molecule has 5 nitrogen and oxygen atoms in total. The topological polar surface area (TPSA) is 64.6 Å². The zero-order chi connectivity index (χ0) is 24.9. The van der Waals surface area contributed by atoms with Gasteiger partial charge in [-0.2, -0.15) is 13.2 Å². The first kappa shape index (κ1) is 26.6. The number of rotatable bonds is 8. The molecule has 182 valence electrons. The van der Waals surface area contributed by atoms with Crippen LogP contribution in [-0.2, 0) is 25.2 Å². The van der Waals surface area contributed by atoms with Gasteiger partial charge in [-0.3, -0.25) is 0 Å². The van der Waals surface area contributed by atoms with Gasteiger partial charge in [0, 0.05) is 11.3 Å². The molecule has 0 amide bonds. The maximum Gasteiger partial charge on any atom is 0.418 e. The Morgan fingerprint density at radius 1 is 1.15 bits per heavy atom. The largest absolute Gasteiger partial charge is 0.466 e. The SMILES string of the molecule is CCCCCOC(=O)C1=C(C)NC(CF)=C(C(=O)OC)C1c1c(F)ccc(Cl)c1C(F)(F)F. The Labute approximate surface area is 192 Å². The van der Waals surface area contributed by atoms with E-state index in [1.54, 1.807) is 0 Å². The highest BCUT2D eigenvalue weighted by Crippen LogP contribution is 2.47. The Hall–Kier alpha value is -2.62. The number of nitrogens with one attached hydrogen (secondary N) is 1. The number of ether oxygens (including phenoxy) is 2. The van der Waals surface area contributed by atoms with Crippen LogP contribution in [0.1, 0.15) is 50.2 Å². The lowest BCUT2D eigenvalue weighted by atomic mass is 9.78. The van der Waals surface area contributed by atoms with E-state index >= 15 is 4.39 Å². The van der Waals surface area contributed by atoms with E-state index in [9.17, 15) is 27.2 Å². The number of alkyl halides is 4. The third-order valence-corrected chi connectivity index (χ3v) is 5.41. The van der Waals surface area contributed by atoms with Gasteiger partial charge in [-0.05, 0) is 25.5 Å². The second-order valence-electron chi connectivity index (χ2n) is 7.27. The Balaban J connectivity index is 2.82. The fourth-order valence-electron chi connectivity index (χ4n) is 3.64. The highest BCUT2D eigenvalue weighted by molar-refractivity contribution is 6.31. The molecular weight excluding hydrogens is 473 g/mol. The van der Waals surface area contributed by atoms with Crippen molar-refractivity contribution in [3.05, 3.63) is 56.6 Å². The fourth-order valence-corrected chi connectivity index (χ4v) is 3.92. The minimum Gasteiger partial charge on any atom is -0.466 e. The van der Waals surface area contributed by atoms with Gasteiger partial charge in [-0.25, -0.2) is 18.4 Å². The molecule has 0 aliphatic carbocycles. The Kier molecular flexibility index (Phi) is 8.88. The Morgan fingerprint density at radius 2 is 1.82 bits per heavy atom. The molecule has 0 saturated heterocycles. The maximum absolute atomic E-state index is 15.0. The molecule has 1 aliphatic heterocycles. The molecule has 1 aromatic rings. The molecule has 0 radical (unpaired) electrons. The number of carbonyl (C=O) groups is 2. The first-order valence-corrected chi connectivity index (χ1v) is 10.4. The van der Waals surface area contributed by atoms with Crippen molar-refractivity contribution in [1.82, 2.24) is 5.32 Å². The van der Waals surface area contributed by atoms with Crippen LogP contribution in [0.2, 0.25) is 5.02 Å². The number of hydrogen-bond donors (Lipinski definition) is 1. The van der Waals surface area contributed by atoms with Crippen LogP contribution in [0.15, 0.2) is 34.7 Å². The highest BCUT2D eigenvalue weighted by Gasteiger charge is 2.46. The minimum absolute atomic E-state index is 0.0480. The number of halogens is 6. The molecule has 0 fully saturated rings. The van der Waals surface area contributed by atoms with Crippen LogP contribution in [0.3, 0.4) is 0 Å². The van der Waals surface area contributed by atoms with Crippen molar-refractivity contribution in [3.8, 4) is 0 Å². The predicted molar refractivity (Wildman–Crippen MR) is 110 cm³/mol. The highest BCUT2D eigenvalue weighted by atomic mass is 35.5. The van der Waals surface area contributed by atoms with Gasteiger partial charge in [0.2, 0.25) is 0 Å². The van der Waals surface area contributed by atoms with Crippen LogP contribution in [0.4, 0.5) is 22.0 Å². The number of methoxy groups -OCH3 is 1. The van der Waals surface area contributed by atoms with Gasteiger partial charge in [0.25, 0.3) is 0 Å². The number of carbonyl (C=O) groups excluding carboxylic acids is 2. The molecule has 2 rings (SSSR count). The van der Waals surface area contributed by atoms with Crippen molar-refractivity contribution in [1.29, 1.82) is 0 Å². The molecule has 0 aromatic heterocycles. The van der Waals surface area contributed by atoms with E-state index in [-0.39, 0.29) is 12.3 Å². The van der Waals surface area contributed by atoms with Gasteiger partial charge in [-0.15, -0.1) is 0 Å². The number of benzene rings is 1. The molecule has 0 saturated carbocycles. The lowest BCUT2D eigenvalue weighted by Crippen LogP contribution is -2.35. The molecular formula is C22H23ClF5NO4. The van der Waals surface area contributed by atoms with Crippen LogP contribution in [0, 0.1) is 5.82 Å². The average Bonchev–Trinajstić information content (AvgIpc) is 2.75.